The SMILES string of the molecule is CCN(CC)S(=O)(=O)c1ccc2[nH]c(=O)cc(C(=O)NCCc3ccccn3)c2c1. The van der Waals surface area contributed by atoms with Gasteiger partial charge in [-0.25, -0.2) is 8.42 Å². The minimum Gasteiger partial charge on any atom is -0.352 e. The van der Waals surface area contributed by atoms with Crippen molar-refractivity contribution in [1.29, 1.82) is 0 Å². The van der Waals surface area contributed by atoms with E-state index in [1.807, 2.05) is 18.2 Å². The van der Waals surface area contributed by atoms with Gasteiger partial charge in [-0.05, 0) is 30.3 Å². The summed E-state index contributed by atoms with van der Waals surface area (Å²) in [5, 5.41) is 3.15. The van der Waals surface area contributed by atoms with E-state index in [1.165, 1.54) is 28.6 Å². The molecule has 0 aliphatic rings. The first-order chi connectivity index (χ1) is 14.4. The third-order valence-electron chi connectivity index (χ3n) is 4.80. The summed E-state index contributed by atoms with van der Waals surface area (Å²) in [4.78, 5) is 31.7. The highest BCUT2D eigenvalue weighted by molar-refractivity contribution is 7.89. The zero-order chi connectivity index (χ0) is 21.7. The van der Waals surface area contributed by atoms with E-state index in [0.29, 0.717) is 37.0 Å². The molecule has 0 bridgehead atoms. The van der Waals surface area contributed by atoms with Gasteiger partial charge in [-0.3, -0.25) is 14.6 Å². The normalized spacial score (nSPS) is 11.7. The van der Waals surface area contributed by atoms with Crippen LogP contribution in [0.3, 0.4) is 0 Å². The van der Waals surface area contributed by atoms with Crippen molar-refractivity contribution in [3.05, 3.63) is 70.3 Å². The molecule has 1 aromatic carbocycles. The van der Waals surface area contributed by atoms with Crippen molar-refractivity contribution < 1.29 is 13.2 Å². The van der Waals surface area contributed by atoms with Crippen molar-refractivity contribution in [2.24, 2.45) is 0 Å². The van der Waals surface area contributed by atoms with Crippen LogP contribution in [0.5, 0.6) is 0 Å². The molecule has 8 nitrogen and oxygen atoms in total. The Morgan fingerprint density at radius 3 is 2.57 bits per heavy atom. The molecule has 158 valence electrons. The third kappa shape index (κ3) is 4.58. The molecule has 0 fully saturated rings. The molecular weight excluding hydrogens is 404 g/mol. The molecule has 0 radical (unpaired) electrons. The zero-order valence-electron chi connectivity index (χ0n) is 16.9. The van der Waals surface area contributed by atoms with Gasteiger partial charge < -0.3 is 10.3 Å². The minimum absolute atomic E-state index is 0.0771. The van der Waals surface area contributed by atoms with Gasteiger partial charge in [-0.15, -0.1) is 0 Å². The van der Waals surface area contributed by atoms with E-state index in [4.69, 9.17) is 0 Å². The Labute approximate surface area is 175 Å². The first-order valence-corrected chi connectivity index (χ1v) is 11.2. The number of carbonyl (C=O) groups excluding carboxylic acids is 1. The minimum atomic E-state index is -3.70. The van der Waals surface area contributed by atoms with Gasteiger partial charge in [0.15, 0.2) is 0 Å². The van der Waals surface area contributed by atoms with E-state index in [-0.39, 0.29) is 10.5 Å². The summed E-state index contributed by atoms with van der Waals surface area (Å²) in [5.74, 6) is -0.445. The number of sulfonamides is 1. The van der Waals surface area contributed by atoms with E-state index in [2.05, 4.69) is 15.3 Å². The Bertz CT molecular complexity index is 1200. The maximum atomic E-state index is 12.9. The number of nitrogens with one attached hydrogen (secondary N) is 2. The molecule has 30 heavy (non-hydrogen) atoms. The molecule has 2 heterocycles. The fourth-order valence-corrected chi connectivity index (χ4v) is 4.72. The van der Waals surface area contributed by atoms with Crippen LogP contribution < -0.4 is 10.9 Å². The molecule has 0 atom stereocenters. The number of aromatic amines is 1. The second-order valence-corrected chi connectivity index (χ2v) is 8.61. The highest BCUT2D eigenvalue weighted by Gasteiger charge is 2.23. The van der Waals surface area contributed by atoms with Crippen LogP contribution in [-0.4, -0.2) is 48.2 Å². The number of benzene rings is 1. The third-order valence-corrected chi connectivity index (χ3v) is 6.84. The van der Waals surface area contributed by atoms with Crippen molar-refractivity contribution in [2.75, 3.05) is 19.6 Å². The molecule has 1 amide bonds. The summed E-state index contributed by atoms with van der Waals surface area (Å²) in [5.41, 5.74) is 0.931. The van der Waals surface area contributed by atoms with Crippen LogP contribution >= 0.6 is 0 Å². The summed E-state index contributed by atoms with van der Waals surface area (Å²) in [6.45, 7) is 4.54. The lowest BCUT2D eigenvalue weighted by atomic mass is 10.1. The van der Waals surface area contributed by atoms with Gasteiger partial charge in [0.1, 0.15) is 0 Å². The van der Waals surface area contributed by atoms with Gasteiger partial charge in [0.2, 0.25) is 15.6 Å². The van der Waals surface area contributed by atoms with Crippen molar-refractivity contribution >= 4 is 26.8 Å². The van der Waals surface area contributed by atoms with Gasteiger partial charge >= 0.3 is 0 Å². The molecule has 3 aromatic rings. The number of nitrogens with zero attached hydrogens (tertiary/aromatic N) is 2. The van der Waals surface area contributed by atoms with Crippen LogP contribution in [0.25, 0.3) is 10.9 Å². The summed E-state index contributed by atoms with van der Waals surface area (Å²) < 4.78 is 27.1. The van der Waals surface area contributed by atoms with Crippen LogP contribution in [0, 0.1) is 0 Å². The lowest BCUT2D eigenvalue weighted by Gasteiger charge is -2.19. The molecule has 0 saturated heterocycles. The predicted octanol–water partition coefficient (Wildman–Crippen LogP) is 1.93. The van der Waals surface area contributed by atoms with Gasteiger partial charge in [0.05, 0.1) is 10.5 Å². The Balaban J connectivity index is 1.93. The van der Waals surface area contributed by atoms with E-state index in [9.17, 15) is 18.0 Å². The molecule has 0 unspecified atom stereocenters. The smallest absolute Gasteiger partial charge is 0.252 e. The highest BCUT2D eigenvalue weighted by atomic mass is 32.2. The molecule has 0 aliphatic carbocycles. The van der Waals surface area contributed by atoms with Crippen LogP contribution in [0.1, 0.15) is 29.9 Å². The van der Waals surface area contributed by atoms with Crippen molar-refractivity contribution in [2.45, 2.75) is 25.2 Å². The number of hydrogen-bond acceptors (Lipinski definition) is 5. The zero-order valence-corrected chi connectivity index (χ0v) is 17.7. The van der Waals surface area contributed by atoms with Crippen LogP contribution in [0.4, 0.5) is 0 Å². The molecule has 9 heteroatoms. The van der Waals surface area contributed by atoms with Gasteiger partial charge in [0, 0.05) is 54.9 Å². The number of carbonyl (C=O) groups is 1. The van der Waals surface area contributed by atoms with E-state index >= 15 is 0 Å². The van der Waals surface area contributed by atoms with Crippen LogP contribution in [0.2, 0.25) is 0 Å². The lowest BCUT2D eigenvalue weighted by Crippen LogP contribution is -2.30. The van der Waals surface area contributed by atoms with Crippen molar-refractivity contribution in [1.82, 2.24) is 19.6 Å². The fraction of sp³-hybridized carbons (Fsp3) is 0.286. The highest BCUT2D eigenvalue weighted by Crippen LogP contribution is 2.22. The van der Waals surface area contributed by atoms with Crippen LogP contribution in [-0.2, 0) is 16.4 Å². The average molecular weight is 429 g/mol. The molecule has 0 aliphatic heterocycles. The molecule has 0 saturated carbocycles. The molecule has 2 aromatic heterocycles. The Kier molecular flexibility index (Phi) is 6.63. The second-order valence-electron chi connectivity index (χ2n) is 6.67. The number of hydrogen-bond donors (Lipinski definition) is 2. The summed E-state index contributed by atoms with van der Waals surface area (Å²) in [6, 6.07) is 11.1. The van der Waals surface area contributed by atoms with Gasteiger partial charge in [-0.1, -0.05) is 19.9 Å². The largest absolute Gasteiger partial charge is 0.352 e. The maximum Gasteiger partial charge on any atom is 0.252 e. The van der Waals surface area contributed by atoms with E-state index < -0.39 is 21.5 Å². The summed E-state index contributed by atoms with van der Waals surface area (Å²) in [6.07, 6.45) is 2.22. The number of amides is 1. The lowest BCUT2D eigenvalue weighted by molar-refractivity contribution is 0.0955. The molecule has 0 spiro atoms. The van der Waals surface area contributed by atoms with Gasteiger partial charge in [-0.2, -0.15) is 4.31 Å². The fourth-order valence-electron chi connectivity index (χ4n) is 3.24. The Morgan fingerprint density at radius 1 is 1.13 bits per heavy atom. The Morgan fingerprint density at radius 2 is 1.90 bits per heavy atom. The Hall–Kier alpha value is -3.04. The monoisotopic (exact) mass is 428 g/mol. The maximum absolute atomic E-state index is 12.9. The van der Waals surface area contributed by atoms with Crippen molar-refractivity contribution in [3.63, 3.8) is 0 Å². The first-order valence-electron chi connectivity index (χ1n) is 9.72. The number of fused-ring (bicyclic) bond motifs is 1. The number of aromatic nitrogens is 2. The van der Waals surface area contributed by atoms with Crippen molar-refractivity contribution in [3.8, 4) is 0 Å². The summed E-state index contributed by atoms with van der Waals surface area (Å²) >= 11 is 0. The quantitative estimate of drug-likeness (QED) is 0.569. The summed E-state index contributed by atoms with van der Waals surface area (Å²) in [7, 11) is -3.70. The number of H-pyrrole nitrogens is 1. The van der Waals surface area contributed by atoms with Crippen LogP contribution in [0.15, 0.2) is 58.4 Å². The number of pyridine rings is 2. The first kappa shape index (κ1) is 21.7. The average Bonchev–Trinajstić information content (AvgIpc) is 2.74. The molecule has 3 rings (SSSR count). The number of rotatable bonds is 8. The second kappa shape index (κ2) is 9.19. The molecule has 2 N–H and O–H groups in total. The molecular formula is C21H24N4O4S. The predicted molar refractivity (Wildman–Crippen MR) is 115 cm³/mol. The van der Waals surface area contributed by atoms with E-state index in [0.717, 1.165) is 5.69 Å². The van der Waals surface area contributed by atoms with E-state index in [1.54, 1.807) is 20.0 Å². The topological polar surface area (TPSA) is 112 Å². The standard InChI is InChI=1S/C21H24N4O4S/c1-3-25(4-2)30(28,29)16-8-9-19-17(13-16)18(14-20(26)24-19)21(27)23-12-10-15-7-5-6-11-22-15/h5-9,11,13-14H,3-4,10,12H2,1-2H3,(H,23,27)(H,24,26). The van der Waals surface area contributed by atoms with Gasteiger partial charge in [0.25, 0.3) is 5.91 Å².